The van der Waals surface area contributed by atoms with Gasteiger partial charge in [-0.3, -0.25) is 0 Å². The lowest BCUT2D eigenvalue weighted by molar-refractivity contribution is -0.416. The van der Waals surface area contributed by atoms with Gasteiger partial charge in [-0.25, -0.2) is 0 Å². The van der Waals surface area contributed by atoms with E-state index in [2.05, 4.69) is 5.73 Å². The van der Waals surface area contributed by atoms with Crippen LogP contribution in [-0.2, 0) is 17.6 Å². The molecule has 3 nitrogen and oxygen atoms in total. The van der Waals surface area contributed by atoms with Gasteiger partial charge in [0.05, 0.1) is 6.04 Å². The summed E-state index contributed by atoms with van der Waals surface area (Å²) in [6.45, 7) is 0. The molecule has 0 heterocycles. The lowest BCUT2D eigenvalue weighted by Gasteiger charge is -2.03. The monoisotopic (exact) mass is 315 g/mol. The highest BCUT2D eigenvalue weighted by molar-refractivity contribution is 6.35. The van der Waals surface area contributed by atoms with E-state index in [0.717, 1.165) is 22.9 Å². The molecule has 2 rings (SSSR count). The number of benzene rings is 1. The number of carbonyl (C=O) groups excluding carboxylic acids is 1. The van der Waals surface area contributed by atoms with Crippen LogP contribution in [0.3, 0.4) is 0 Å². The minimum absolute atomic E-state index is 0.468. The number of halogens is 5. The number of quaternary nitrogens is 1. The van der Waals surface area contributed by atoms with E-state index in [9.17, 15) is 13.2 Å². The number of rotatable bonds is 0. The third-order valence-electron chi connectivity index (χ3n) is 2.49. The van der Waals surface area contributed by atoms with Crippen molar-refractivity contribution in [3.05, 3.63) is 33.3 Å². The predicted molar refractivity (Wildman–Crippen MR) is 61.6 cm³/mol. The SMILES string of the molecule is O=C([O-])C(F)(F)F.[NH3+]C1Cc2cc(Cl)cc(Cl)c2C1. The maximum absolute atomic E-state index is 10.5. The molecule has 0 aromatic heterocycles. The lowest BCUT2D eigenvalue weighted by atomic mass is 10.1. The molecule has 0 radical (unpaired) electrons. The number of aliphatic carboxylic acids is 1. The van der Waals surface area contributed by atoms with Gasteiger partial charge in [0.15, 0.2) is 0 Å². The predicted octanol–water partition coefficient (Wildman–Crippen LogP) is 1.00. The summed E-state index contributed by atoms with van der Waals surface area (Å²) in [7, 11) is 0. The van der Waals surface area contributed by atoms with Crippen LogP contribution in [0, 0.1) is 0 Å². The molecule has 1 aliphatic rings. The molecule has 106 valence electrons. The Hall–Kier alpha value is -0.980. The minimum atomic E-state index is -5.19. The summed E-state index contributed by atoms with van der Waals surface area (Å²) in [6.07, 6.45) is -3.19. The zero-order chi connectivity index (χ0) is 14.8. The van der Waals surface area contributed by atoms with Gasteiger partial charge in [-0.05, 0) is 23.3 Å². The highest BCUT2D eigenvalue weighted by Crippen LogP contribution is 2.30. The molecule has 0 amide bonds. The summed E-state index contributed by atoms with van der Waals surface area (Å²) < 4.78 is 31.5. The van der Waals surface area contributed by atoms with Crippen molar-refractivity contribution in [3.8, 4) is 0 Å². The van der Waals surface area contributed by atoms with Crippen molar-refractivity contribution in [2.24, 2.45) is 0 Å². The fourth-order valence-corrected chi connectivity index (χ4v) is 2.35. The molecule has 8 heteroatoms. The number of carboxylic acids is 1. The van der Waals surface area contributed by atoms with E-state index < -0.39 is 12.1 Å². The second kappa shape index (κ2) is 5.98. The highest BCUT2D eigenvalue weighted by Gasteiger charge is 2.28. The number of carboxylic acid groups (broad SMARTS) is 1. The molecule has 0 spiro atoms. The van der Waals surface area contributed by atoms with E-state index in [1.54, 1.807) is 6.07 Å². The van der Waals surface area contributed by atoms with E-state index in [0.29, 0.717) is 6.04 Å². The second-order valence-electron chi connectivity index (χ2n) is 4.08. The van der Waals surface area contributed by atoms with Crippen molar-refractivity contribution in [2.45, 2.75) is 25.1 Å². The van der Waals surface area contributed by atoms with Crippen LogP contribution in [0.15, 0.2) is 12.1 Å². The number of fused-ring (bicyclic) bond motifs is 1. The van der Waals surface area contributed by atoms with E-state index in [1.807, 2.05) is 6.07 Å². The Morgan fingerprint density at radius 2 is 1.84 bits per heavy atom. The summed E-state index contributed by atoms with van der Waals surface area (Å²) in [5.41, 5.74) is 6.53. The van der Waals surface area contributed by atoms with Gasteiger partial charge in [-0.1, -0.05) is 23.2 Å². The van der Waals surface area contributed by atoms with E-state index >= 15 is 0 Å². The van der Waals surface area contributed by atoms with Crippen LogP contribution in [0.5, 0.6) is 0 Å². The molecular formula is C11H10Cl2F3NO2. The zero-order valence-electron chi connectivity index (χ0n) is 9.56. The molecule has 1 unspecified atom stereocenters. The van der Waals surface area contributed by atoms with Crippen molar-refractivity contribution in [2.75, 3.05) is 0 Å². The summed E-state index contributed by atoms with van der Waals surface area (Å²) in [5, 5.41) is 10.3. The first-order valence-corrected chi connectivity index (χ1v) is 5.95. The fourth-order valence-electron chi connectivity index (χ4n) is 1.74. The van der Waals surface area contributed by atoms with Gasteiger partial charge in [0.2, 0.25) is 0 Å². The number of carbonyl (C=O) groups is 1. The minimum Gasteiger partial charge on any atom is -0.542 e. The largest absolute Gasteiger partial charge is 0.542 e. The van der Waals surface area contributed by atoms with Crippen LogP contribution >= 0.6 is 23.2 Å². The van der Waals surface area contributed by atoms with Gasteiger partial charge < -0.3 is 15.6 Å². The van der Waals surface area contributed by atoms with Crippen molar-refractivity contribution >= 4 is 29.2 Å². The van der Waals surface area contributed by atoms with Gasteiger partial charge in [0.1, 0.15) is 5.97 Å². The molecule has 0 fully saturated rings. The maximum Gasteiger partial charge on any atom is 0.430 e. The third-order valence-corrected chi connectivity index (χ3v) is 3.04. The quantitative estimate of drug-likeness (QED) is 0.776. The summed E-state index contributed by atoms with van der Waals surface area (Å²) >= 11 is 11.9. The smallest absolute Gasteiger partial charge is 0.430 e. The number of hydrogen-bond acceptors (Lipinski definition) is 2. The molecule has 0 saturated heterocycles. The average molecular weight is 316 g/mol. The normalized spacial score (nSPS) is 17.5. The van der Waals surface area contributed by atoms with E-state index in [4.69, 9.17) is 33.1 Å². The molecule has 1 aromatic carbocycles. The van der Waals surface area contributed by atoms with Crippen LogP contribution in [0.1, 0.15) is 11.1 Å². The van der Waals surface area contributed by atoms with Crippen molar-refractivity contribution < 1.29 is 28.8 Å². The molecule has 0 bridgehead atoms. The molecular weight excluding hydrogens is 306 g/mol. The van der Waals surface area contributed by atoms with Crippen LogP contribution in [0.2, 0.25) is 10.0 Å². The molecule has 3 N–H and O–H groups in total. The van der Waals surface area contributed by atoms with Crippen molar-refractivity contribution in [1.82, 2.24) is 0 Å². The first kappa shape index (κ1) is 16.1. The Morgan fingerprint density at radius 1 is 1.32 bits per heavy atom. The Bertz CT molecular complexity index is 492. The summed E-state index contributed by atoms with van der Waals surface area (Å²) in [5.74, 6) is -3.01. The summed E-state index contributed by atoms with van der Waals surface area (Å²) in [4.78, 5) is 8.78. The number of hydrogen-bond donors (Lipinski definition) is 1. The molecule has 1 aliphatic carbocycles. The van der Waals surface area contributed by atoms with Gasteiger partial charge in [0, 0.05) is 22.9 Å². The van der Waals surface area contributed by atoms with Crippen LogP contribution in [0.25, 0.3) is 0 Å². The second-order valence-corrected chi connectivity index (χ2v) is 4.93. The topological polar surface area (TPSA) is 67.8 Å². The first-order chi connectivity index (χ1) is 8.61. The Kier molecular flexibility index (Phi) is 5.06. The van der Waals surface area contributed by atoms with Crippen LogP contribution < -0.4 is 10.8 Å². The van der Waals surface area contributed by atoms with Crippen molar-refractivity contribution in [3.63, 3.8) is 0 Å². The Morgan fingerprint density at radius 3 is 2.32 bits per heavy atom. The summed E-state index contributed by atoms with van der Waals surface area (Å²) in [6, 6.07) is 4.27. The zero-order valence-corrected chi connectivity index (χ0v) is 11.1. The molecule has 1 aromatic rings. The maximum atomic E-state index is 10.5. The molecule has 1 atom stereocenters. The Balaban J connectivity index is 0.000000224. The Labute approximate surface area is 117 Å². The fraction of sp³-hybridized carbons (Fsp3) is 0.364. The van der Waals surface area contributed by atoms with Crippen molar-refractivity contribution in [1.29, 1.82) is 0 Å². The lowest BCUT2D eigenvalue weighted by Crippen LogP contribution is -2.61. The van der Waals surface area contributed by atoms with Crippen LogP contribution in [-0.4, -0.2) is 18.2 Å². The third kappa shape index (κ3) is 4.56. The standard InChI is InChI=1S/C9H9Cl2N.C2HF3O2/c10-6-1-5-2-7(12)4-8(5)9(11)3-6;3-2(4,5)1(6)7/h1,3,7H,2,4,12H2;(H,6,7). The van der Waals surface area contributed by atoms with Gasteiger partial charge in [-0.2, -0.15) is 13.2 Å². The number of alkyl halides is 3. The van der Waals surface area contributed by atoms with Gasteiger partial charge in [0.25, 0.3) is 0 Å². The average Bonchev–Trinajstić information content (AvgIpc) is 2.58. The van der Waals surface area contributed by atoms with Crippen LogP contribution in [0.4, 0.5) is 13.2 Å². The van der Waals surface area contributed by atoms with E-state index in [-0.39, 0.29) is 0 Å². The van der Waals surface area contributed by atoms with E-state index in [1.165, 1.54) is 11.1 Å². The molecule has 0 aliphatic heterocycles. The van der Waals surface area contributed by atoms with Gasteiger partial charge in [-0.15, -0.1) is 0 Å². The molecule has 0 saturated carbocycles. The molecule has 19 heavy (non-hydrogen) atoms. The highest BCUT2D eigenvalue weighted by atomic mass is 35.5. The van der Waals surface area contributed by atoms with Gasteiger partial charge >= 0.3 is 6.18 Å². The first-order valence-electron chi connectivity index (χ1n) is 5.19.